The molecule has 0 spiro atoms. The second-order valence-electron chi connectivity index (χ2n) is 10.5. The highest BCUT2D eigenvalue weighted by Gasteiger charge is 2.52. The van der Waals surface area contributed by atoms with E-state index in [-0.39, 0.29) is 17.4 Å². The molecule has 7 rings (SSSR count). The maximum atomic E-state index is 14.3. The molecule has 0 saturated heterocycles. The van der Waals surface area contributed by atoms with Crippen molar-refractivity contribution >= 4 is 11.6 Å². The minimum atomic E-state index is -0.921. The Morgan fingerprint density at radius 1 is 0.452 bits per heavy atom. The number of rotatable bonds is 5. The third-order valence-electron chi connectivity index (χ3n) is 8.11. The number of nitrogens with zero attached hydrogens (tertiary/aromatic N) is 1. The van der Waals surface area contributed by atoms with Gasteiger partial charge in [-0.15, -0.1) is 0 Å². The zero-order valence-electron chi connectivity index (χ0n) is 22.7. The molecule has 4 heteroatoms. The van der Waals surface area contributed by atoms with Crippen LogP contribution in [-0.4, -0.2) is 16.1 Å². The smallest absolute Gasteiger partial charge is 0.260 e. The molecule has 6 aromatic rings. The Balaban J connectivity index is 1.46. The highest BCUT2D eigenvalue weighted by Crippen LogP contribution is 2.51. The summed E-state index contributed by atoms with van der Waals surface area (Å²) in [5.41, 5.74) is 7.43. The lowest BCUT2D eigenvalue weighted by atomic mass is 9.76. The molecular weight excluding hydrogens is 518 g/mol. The molecular formula is C38H27NO3. The van der Waals surface area contributed by atoms with Gasteiger partial charge in [-0.05, 0) is 81.4 Å². The van der Waals surface area contributed by atoms with Crippen molar-refractivity contribution in [2.45, 2.75) is 5.54 Å². The average Bonchev–Trinajstić information content (AvgIpc) is 3.31. The highest BCUT2D eigenvalue weighted by atomic mass is 16.3. The molecule has 1 aliphatic heterocycles. The predicted octanol–water partition coefficient (Wildman–Crippen LogP) is 8.38. The summed E-state index contributed by atoms with van der Waals surface area (Å²) in [5.74, 6) is 0.399. The van der Waals surface area contributed by atoms with Crippen molar-refractivity contribution in [3.05, 3.63) is 174 Å². The van der Waals surface area contributed by atoms with Crippen LogP contribution in [0, 0.1) is 0 Å². The van der Waals surface area contributed by atoms with Gasteiger partial charge in [0.25, 0.3) is 5.91 Å². The molecule has 1 heterocycles. The number of anilines is 1. The second kappa shape index (κ2) is 10.1. The fourth-order valence-corrected chi connectivity index (χ4v) is 6.12. The quantitative estimate of drug-likeness (QED) is 0.229. The monoisotopic (exact) mass is 545 g/mol. The van der Waals surface area contributed by atoms with Crippen molar-refractivity contribution in [1.29, 1.82) is 0 Å². The van der Waals surface area contributed by atoms with E-state index in [1.807, 2.05) is 77.7 Å². The minimum absolute atomic E-state index is 0.0537. The molecule has 42 heavy (non-hydrogen) atoms. The van der Waals surface area contributed by atoms with E-state index in [1.54, 1.807) is 24.3 Å². The molecule has 0 aromatic heterocycles. The van der Waals surface area contributed by atoms with E-state index in [9.17, 15) is 15.0 Å². The number of carbonyl (C=O) groups excluding carboxylic acids is 1. The van der Waals surface area contributed by atoms with Crippen LogP contribution in [0.25, 0.3) is 22.3 Å². The molecule has 0 unspecified atom stereocenters. The van der Waals surface area contributed by atoms with E-state index in [0.29, 0.717) is 5.56 Å². The Kier molecular flexibility index (Phi) is 6.10. The molecule has 1 aliphatic rings. The third-order valence-corrected chi connectivity index (χ3v) is 8.11. The van der Waals surface area contributed by atoms with Crippen LogP contribution < -0.4 is 4.90 Å². The fourth-order valence-electron chi connectivity index (χ4n) is 6.12. The molecule has 2 N–H and O–H groups in total. The summed E-state index contributed by atoms with van der Waals surface area (Å²) >= 11 is 0. The lowest BCUT2D eigenvalue weighted by molar-refractivity contribution is 0.0986. The molecule has 4 nitrogen and oxygen atoms in total. The Morgan fingerprint density at radius 3 is 1.33 bits per heavy atom. The van der Waals surface area contributed by atoms with Crippen molar-refractivity contribution in [3.63, 3.8) is 0 Å². The fraction of sp³-hybridized carbons (Fsp3) is 0.0263. The standard InChI is InChI=1S/C38H27NO3/c40-33-22-14-28(15-23-33)26-10-18-30(19-11-26)38(31-20-12-27(13-21-31)29-16-24-34(41)25-17-29)36-9-5-4-8-35(36)37(42)39(38)32-6-2-1-3-7-32/h1-25,40-41H. The first-order chi connectivity index (χ1) is 20.6. The molecule has 0 atom stereocenters. The van der Waals surface area contributed by atoms with Gasteiger partial charge >= 0.3 is 0 Å². The topological polar surface area (TPSA) is 60.8 Å². The van der Waals surface area contributed by atoms with E-state index < -0.39 is 5.54 Å². The molecule has 6 aromatic carbocycles. The van der Waals surface area contributed by atoms with Gasteiger partial charge in [0.2, 0.25) is 0 Å². The van der Waals surface area contributed by atoms with Crippen LogP contribution in [0.3, 0.4) is 0 Å². The molecule has 0 radical (unpaired) electrons. The van der Waals surface area contributed by atoms with Gasteiger partial charge in [-0.2, -0.15) is 0 Å². The third kappa shape index (κ3) is 4.04. The minimum Gasteiger partial charge on any atom is -0.508 e. The maximum absolute atomic E-state index is 14.3. The summed E-state index contributed by atoms with van der Waals surface area (Å²) < 4.78 is 0. The Hall–Kier alpha value is -5.61. The SMILES string of the molecule is O=C1c2ccccc2C(c2ccc(-c3ccc(O)cc3)cc2)(c2ccc(-c3ccc(O)cc3)cc2)N1c1ccccc1. The van der Waals surface area contributed by atoms with E-state index in [1.165, 1.54) is 0 Å². The van der Waals surface area contributed by atoms with Crippen LogP contribution in [0.1, 0.15) is 27.0 Å². The van der Waals surface area contributed by atoms with E-state index in [4.69, 9.17) is 0 Å². The van der Waals surface area contributed by atoms with E-state index in [0.717, 1.165) is 44.6 Å². The molecule has 202 valence electrons. The zero-order chi connectivity index (χ0) is 28.7. The first kappa shape index (κ1) is 25.4. The number of benzene rings is 6. The number of amides is 1. The first-order valence-corrected chi connectivity index (χ1v) is 13.8. The Labute approximate surface area is 244 Å². The summed E-state index contributed by atoms with van der Waals surface area (Å²) in [6, 6.07) is 48.7. The second-order valence-corrected chi connectivity index (χ2v) is 10.5. The molecule has 0 fully saturated rings. The summed E-state index contributed by atoms with van der Waals surface area (Å²) in [4.78, 5) is 16.2. The van der Waals surface area contributed by atoms with E-state index >= 15 is 0 Å². The van der Waals surface area contributed by atoms with Crippen molar-refractivity contribution in [1.82, 2.24) is 0 Å². The summed E-state index contributed by atoms with van der Waals surface area (Å²) in [5, 5.41) is 19.5. The van der Waals surface area contributed by atoms with Crippen molar-refractivity contribution in [2.75, 3.05) is 4.90 Å². The lowest BCUT2D eigenvalue weighted by Gasteiger charge is -2.40. The van der Waals surface area contributed by atoms with Gasteiger partial charge in [-0.3, -0.25) is 9.69 Å². The van der Waals surface area contributed by atoms with Crippen LogP contribution in [0.5, 0.6) is 11.5 Å². The van der Waals surface area contributed by atoms with Gasteiger partial charge in [0.1, 0.15) is 17.0 Å². The van der Waals surface area contributed by atoms with Crippen LogP contribution >= 0.6 is 0 Å². The number of carbonyl (C=O) groups is 1. The van der Waals surface area contributed by atoms with Crippen molar-refractivity contribution < 1.29 is 15.0 Å². The van der Waals surface area contributed by atoms with Gasteiger partial charge in [-0.25, -0.2) is 0 Å². The van der Waals surface area contributed by atoms with Crippen molar-refractivity contribution in [2.24, 2.45) is 0 Å². The Bertz CT molecular complexity index is 1790. The van der Waals surface area contributed by atoms with Crippen molar-refractivity contribution in [3.8, 4) is 33.8 Å². The van der Waals surface area contributed by atoms with Crippen LogP contribution in [-0.2, 0) is 5.54 Å². The molecule has 1 amide bonds. The zero-order valence-corrected chi connectivity index (χ0v) is 22.7. The maximum Gasteiger partial charge on any atom is 0.260 e. The van der Waals surface area contributed by atoms with Crippen LogP contribution in [0.15, 0.2) is 152 Å². The van der Waals surface area contributed by atoms with Gasteiger partial charge in [0.15, 0.2) is 0 Å². The number of para-hydroxylation sites is 1. The largest absolute Gasteiger partial charge is 0.508 e. The van der Waals surface area contributed by atoms with E-state index in [2.05, 4.69) is 54.6 Å². The van der Waals surface area contributed by atoms with Gasteiger partial charge in [0.05, 0.1) is 0 Å². The number of phenolic OH excluding ortho intramolecular Hbond substituents is 2. The molecule has 0 bridgehead atoms. The normalized spacial score (nSPS) is 13.6. The number of hydrogen-bond donors (Lipinski definition) is 2. The first-order valence-electron chi connectivity index (χ1n) is 13.8. The molecule has 0 saturated carbocycles. The number of hydrogen-bond acceptors (Lipinski definition) is 3. The molecule has 0 aliphatic carbocycles. The number of phenols is 2. The predicted molar refractivity (Wildman–Crippen MR) is 167 cm³/mol. The highest BCUT2D eigenvalue weighted by molar-refractivity contribution is 6.13. The summed E-state index contributed by atoms with van der Waals surface area (Å²) in [6.45, 7) is 0. The van der Waals surface area contributed by atoms with Gasteiger partial charge in [0, 0.05) is 11.3 Å². The Morgan fingerprint density at radius 2 is 0.857 bits per heavy atom. The summed E-state index contributed by atoms with van der Waals surface area (Å²) in [7, 11) is 0. The van der Waals surface area contributed by atoms with Crippen LogP contribution in [0.2, 0.25) is 0 Å². The average molecular weight is 546 g/mol. The number of aromatic hydroxyl groups is 2. The van der Waals surface area contributed by atoms with Gasteiger partial charge in [-0.1, -0.05) is 109 Å². The van der Waals surface area contributed by atoms with Gasteiger partial charge < -0.3 is 10.2 Å². The summed E-state index contributed by atoms with van der Waals surface area (Å²) in [6.07, 6.45) is 0. The lowest BCUT2D eigenvalue weighted by Crippen LogP contribution is -2.46. The van der Waals surface area contributed by atoms with Crippen LogP contribution in [0.4, 0.5) is 5.69 Å². The number of fused-ring (bicyclic) bond motifs is 1.